The first kappa shape index (κ1) is 15.7. The van der Waals surface area contributed by atoms with Gasteiger partial charge in [0.2, 0.25) is 0 Å². The minimum Gasteiger partial charge on any atom is -0.441 e. The number of oxazole rings is 1. The standard InChI is InChI=1S/C14H12F3N3O2S/c1-6(2)3-7-5-23-12-9(7)11(21)19-10(20-12)8-4-22-13(18-8)14(15,16)17/h4-6H,3H2,1-2H3,(H,19,20,21). The number of fused-ring (bicyclic) bond motifs is 1. The third-order valence-electron chi connectivity index (χ3n) is 3.14. The summed E-state index contributed by atoms with van der Waals surface area (Å²) in [5, 5.41) is 2.33. The van der Waals surface area contributed by atoms with Crippen LogP contribution in [-0.2, 0) is 12.6 Å². The van der Waals surface area contributed by atoms with Crippen molar-refractivity contribution in [1.29, 1.82) is 0 Å². The largest absolute Gasteiger partial charge is 0.468 e. The van der Waals surface area contributed by atoms with E-state index in [-0.39, 0.29) is 11.5 Å². The molecule has 0 aliphatic rings. The highest BCUT2D eigenvalue weighted by Crippen LogP contribution is 2.30. The number of thiophene rings is 1. The van der Waals surface area contributed by atoms with Gasteiger partial charge in [-0.25, -0.2) is 9.97 Å². The number of aromatic amines is 1. The van der Waals surface area contributed by atoms with Gasteiger partial charge in [-0.3, -0.25) is 4.79 Å². The molecule has 0 aliphatic carbocycles. The molecule has 0 bridgehead atoms. The van der Waals surface area contributed by atoms with Crippen LogP contribution in [0.15, 0.2) is 20.9 Å². The van der Waals surface area contributed by atoms with Gasteiger partial charge in [0.1, 0.15) is 16.8 Å². The smallest absolute Gasteiger partial charge is 0.441 e. The molecule has 3 aromatic rings. The van der Waals surface area contributed by atoms with Crippen molar-refractivity contribution in [3.8, 4) is 11.5 Å². The van der Waals surface area contributed by atoms with Crippen molar-refractivity contribution < 1.29 is 17.6 Å². The van der Waals surface area contributed by atoms with E-state index in [1.807, 2.05) is 19.2 Å². The SMILES string of the molecule is CC(C)Cc1csc2nc(-c3coc(C(F)(F)F)n3)[nH]c(=O)c12. The summed E-state index contributed by atoms with van der Waals surface area (Å²) in [7, 11) is 0. The molecule has 23 heavy (non-hydrogen) atoms. The Labute approximate surface area is 132 Å². The molecule has 3 rings (SSSR count). The maximum Gasteiger partial charge on any atom is 0.468 e. The molecule has 9 heteroatoms. The van der Waals surface area contributed by atoms with Crippen molar-refractivity contribution in [2.45, 2.75) is 26.4 Å². The first-order valence-electron chi connectivity index (χ1n) is 6.79. The Balaban J connectivity index is 2.07. The number of hydrogen-bond donors (Lipinski definition) is 1. The number of hydrogen-bond acceptors (Lipinski definition) is 5. The molecule has 0 saturated carbocycles. The number of aromatic nitrogens is 3. The second-order valence-corrected chi connectivity index (χ2v) is 6.35. The second kappa shape index (κ2) is 5.48. The average Bonchev–Trinajstić information content (AvgIpc) is 3.04. The zero-order valence-electron chi connectivity index (χ0n) is 12.2. The van der Waals surface area contributed by atoms with Gasteiger partial charge in [0.15, 0.2) is 5.82 Å². The van der Waals surface area contributed by atoms with Crippen LogP contribution in [-0.4, -0.2) is 15.0 Å². The zero-order valence-corrected chi connectivity index (χ0v) is 13.0. The number of nitrogens with zero attached hydrogens (tertiary/aromatic N) is 2. The highest BCUT2D eigenvalue weighted by Gasteiger charge is 2.37. The van der Waals surface area contributed by atoms with Crippen LogP contribution in [0.3, 0.4) is 0 Å². The molecule has 0 atom stereocenters. The number of alkyl halides is 3. The predicted octanol–water partition coefficient (Wildman–Crippen LogP) is 3.86. The fraction of sp³-hybridized carbons (Fsp3) is 0.357. The molecular weight excluding hydrogens is 331 g/mol. The average molecular weight is 343 g/mol. The maximum absolute atomic E-state index is 12.5. The molecule has 3 aromatic heterocycles. The topological polar surface area (TPSA) is 71.8 Å². The van der Waals surface area contributed by atoms with E-state index in [2.05, 4.69) is 19.4 Å². The molecule has 0 spiro atoms. The molecule has 5 nitrogen and oxygen atoms in total. The first-order valence-corrected chi connectivity index (χ1v) is 7.67. The van der Waals surface area contributed by atoms with Gasteiger partial charge in [0.05, 0.1) is 5.39 Å². The lowest BCUT2D eigenvalue weighted by Gasteiger charge is -2.02. The summed E-state index contributed by atoms with van der Waals surface area (Å²) in [6.07, 6.45) is -3.13. The Morgan fingerprint density at radius 3 is 2.70 bits per heavy atom. The highest BCUT2D eigenvalue weighted by molar-refractivity contribution is 7.16. The second-order valence-electron chi connectivity index (χ2n) is 5.49. The molecule has 0 fully saturated rings. The molecule has 0 aliphatic heterocycles. The van der Waals surface area contributed by atoms with Crippen molar-refractivity contribution in [3.63, 3.8) is 0 Å². The van der Waals surface area contributed by atoms with Gasteiger partial charge < -0.3 is 9.40 Å². The van der Waals surface area contributed by atoms with Crippen molar-refractivity contribution in [3.05, 3.63) is 33.5 Å². The van der Waals surface area contributed by atoms with Crippen LogP contribution < -0.4 is 5.56 Å². The lowest BCUT2D eigenvalue weighted by atomic mass is 10.0. The molecule has 0 radical (unpaired) electrons. The number of H-pyrrole nitrogens is 1. The number of rotatable bonds is 3. The van der Waals surface area contributed by atoms with Gasteiger partial charge in [-0.05, 0) is 23.3 Å². The van der Waals surface area contributed by atoms with Crippen molar-refractivity contribution in [2.24, 2.45) is 5.92 Å². The highest BCUT2D eigenvalue weighted by atomic mass is 32.1. The molecule has 0 amide bonds. The summed E-state index contributed by atoms with van der Waals surface area (Å²) in [5.41, 5.74) is 0.338. The van der Waals surface area contributed by atoms with Gasteiger partial charge in [0, 0.05) is 0 Å². The van der Waals surface area contributed by atoms with Gasteiger partial charge in [-0.15, -0.1) is 11.3 Å². The van der Waals surface area contributed by atoms with E-state index in [4.69, 9.17) is 0 Å². The third kappa shape index (κ3) is 3.00. The van der Waals surface area contributed by atoms with Crippen molar-refractivity contribution in [2.75, 3.05) is 0 Å². The Bertz CT molecular complexity index is 908. The predicted molar refractivity (Wildman–Crippen MR) is 79.3 cm³/mol. The Morgan fingerprint density at radius 2 is 2.09 bits per heavy atom. The Hall–Kier alpha value is -2.16. The Kier molecular flexibility index (Phi) is 3.75. The number of halogens is 3. The fourth-order valence-corrected chi connectivity index (χ4v) is 3.18. The summed E-state index contributed by atoms with van der Waals surface area (Å²) < 4.78 is 42.0. The Morgan fingerprint density at radius 1 is 1.35 bits per heavy atom. The van der Waals surface area contributed by atoms with Crippen LogP contribution in [0.5, 0.6) is 0 Å². The summed E-state index contributed by atoms with van der Waals surface area (Å²) in [4.78, 5) is 22.8. The maximum atomic E-state index is 12.5. The van der Waals surface area contributed by atoms with E-state index in [1.165, 1.54) is 11.3 Å². The first-order chi connectivity index (χ1) is 10.8. The van der Waals surface area contributed by atoms with Gasteiger partial charge >= 0.3 is 12.1 Å². The van der Waals surface area contributed by atoms with Crippen LogP contribution in [0.1, 0.15) is 25.3 Å². The molecule has 0 saturated heterocycles. The fourth-order valence-electron chi connectivity index (χ4n) is 2.23. The normalized spacial score (nSPS) is 12.4. The molecule has 3 heterocycles. The van der Waals surface area contributed by atoms with E-state index >= 15 is 0 Å². The lowest BCUT2D eigenvalue weighted by Crippen LogP contribution is -2.11. The van der Waals surface area contributed by atoms with Crippen LogP contribution in [0.2, 0.25) is 0 Å². The van der Waals surface area contributed by atoms with Crippen molar-refractivity contribution >= 4 is 21.6 Å². The molecule has 1 N–H and O–H groups in total. The summed E-state index contributed by atoms with van der Waals surface area (Å²) in [5.74, 6) is -1.04. The van der Waals surface area contributed by atoms with E-state index < -0.39 is 17.6 Å². The molecular formula is C14H12F3N3O2S. The summed E-state index contributed by atoms with van der Waals surface area (Å²) in [6, 6.07) is 0. The quantitative estimate of drug-likeness (QED) is 0.784. The third-order valence-corrected chi connectivity index (χ3v) is 4.06. The van der Waals surface area contributed by atoms with Crippen LogP contribution in [0.25, 0.3) is 21.7 Å². The molecule has 0 unspecified atom stereocenters. The van der Waals surface area contributed by atoms with Crippen LogP contribution in [0.4, 0.5) is 13.2 Å². The van der Waals surface area contributed by atoms with Crippen LogP contribution in [0, 0.1) is 5.92 Å². The van der Waals surface area contributed by atoms with E-state index in [0.29, 0.717) is 16.1 Å². The van der Waals surface area contributed by atoms with E-state index in [9.17, 15) is 18.0 Å². The van der Waals surface area contributed by atoms with Gasteiger partial charge in [-0.1, -0.05) is 13.8 Å². The summed E-state index contributed by atoms with van der Waals surface area (Å²) >= 11 is 1.28. The van der Waals surface area contributed by atoms with Gasteiger partial charge in [-0.2, -0.15) is 13.2 Å². The number of nitrogens with one attached hydrogen (secondary N) is 1. The minimum atomic E-state index is -4.68. The zero-order chi connectivity index (χ0) is 16.8. The van der Waals surface area contributed by atoms with Gasteiger partial charge in [0.25, 0.3) is 5.56 Å². The van der Waals surface area contributed by atoms with Crippen molar-refractivity contribution in [1.82, 2.24) is 15.0 Å². The lowest BCUT2D eigenvalue weighted by molar-refractivity contribution is -0.157. The molecule has 0 aromatic carbocycles. The van der Waals surface area contributed by atoms with E-state index in [1.54, 1.807) is 0 Å². The van der Waals surface area contributed by atoms with E-state index in [0.717, 1.165) is 18.2 Å². The monoisotopic (exact) mass is 343 g/mol. The van der Waals surface area contributed by atoms with Crippen LogP contribution >= 0.6 is 11.3 Å². The molecule has 122 valence electrons. The minimum absolute atomic E-state index is 0.0419. The summed E-state index contributed by atoms with van der Waals surface area (Å²) in [6.45, 7) is 4.07.